The van der Waals surface area contributed by atoms with Crippen LogP contribution in [0.3, 0.4) is 0 Å². The van der Waals surface area contributed by atoms with Crippen LogP contribution in [0.4, 0.5) is 0 Å². The minimum atomic E-state index is -2.97. The normalized spacial score (nSPS) is 15.6. The molecule has 121 valence electrons. The number of halogens is 4. The maximum atomic E-state index is 10.4. The summed E-state index contributed by atoms with van der Waals surface area (Å²) in [6.07, 6.45) is 6.05. The van der Waals surface area contributed by atoms with Gasteiger partial charge in [-0.3, -0.25) is 9.19 Å². The minimum Gasteiger partial charge on any atom is -0.264 e. The number of benzene rings is 1. The average molecular weight is 476 g/mol. The molecule has 0 unspecified atom stereocenters. The van der Waals surface area contributed by atoms with E-state index in [0.29, 0.717) is 0 Å². The summed E-state index contributed by atoms with van der Waals surface area (Å²) in [5, 5.41) is 2.45. The molecule has 8 heteroatoms. The molecule has 1 saturated heterocycles. The van der Waals surface area contributed by atoms with E-state index in [1.807, 2.05) is 30.6 Å². The van der Waals surface area contributed by atoms with Crippen molar-refractivity contribution in [3.05, 3.63) is 42.7 Å². The van der Waals surface area contributed by atoms with Crippen molar-refractivity contribution < 1.29 is 15.0 Å². The molecule has 0 amide bonds. The summed E-state index contributed by atoms with van der Waals surface area (Å²) in [5.41, 5.74) is 0. The van der Waals surface area contributed by atoms with Crippen molar-refractivity contribution in [3.8, 4) is 0 Å². The first-order valence-corrected chi connectivity index (χ1v) is 16.5. The average Bonchev–Trinajstić information content (AvgIpc) is 2.89. The zero-order valence-corrected chi connectivity index (χ0v) is 16.6. The van der Waals surface area contributed by atoms with Crippen LogP contribution in [0, 0.1) is 0 Å². The molecule has 1 aliphatic rings. The maximum Gasteiger partial charge on any atom is 0.0346 e. The third-order valence-electron chi connectivity index (χ3n) is 2.54. The van der Waals surface area contributed by atoms with E-state index in [4.69, 9.17) is 38.8 Å². The minimum absolute atomic E-state index is 0.423. The fourth-order valence-corrected chi connectivity index (χ4v) is 2.91. The summed E-state index contributed by atoms with van der Waals surface area (Å²) in [6, 6.07) is 10.2. The Labute approximate surface area is 146 Å². The topological polar surface area (TPSA) is 30.0 Å². The standard InChI is InChI=1S/C9H7N.C4H8OS.4ClH.Ru/c1-2-4-9-7-10-6-5-8(9)3-1;5-6-3-1-2-4-6;;;;;/h1-7H;1-4H2;4*1H;/q;;;;;;+3/p-4. The Balaban J connectivity index is 0.000000173. The van der Waals surface area contributed by atoms with Crippen molar-refractivity contribution >= 4 is 60.3 Å². The van der Waals surface area contributed by atoms with Crippen LogP contribution in [-0.2, 0) is 21.6 Å². The fraction of sp³-hybridized carbons (Fsp3) is 0.308. The quantitative estimate of drug-likeness (QED) is 0.469. The summed E-state index contributed by atoms with van der Waals surface area (Å²) in [5.74, 6) is 1.92. The summed E-state index contributed by atoms with van der Waals surface area (Å²) in [4.78, 5) is 4.01. The van der Waals surface area contributed by atoms with E-state index in [1.54, 1.807) is 0 Å². The number of hydrogen-bond donors (Lipinski definition) is 0. The summed E-state index contributed by atoms with van der Waals surface area (Å²) in [6.45, 7) is 0. The summed E-state index contributed by atoms with van der Waals surface area (Å²) < 4.78 is 10.4. The second-order valence-electron chi connectivity index (χ2n) is 4.08. The molecule has 1 aliphatic heterocycles. The molecule has 0 saturated carbocycles. The SMILES string of the molecule is O=S1CCCC1.[Cl][Ru-]([Cl])([Cl])[Cl].c1ccc2cnccc2c1. The molecule has 2 aromatic rings. The molecule has 0 atom stereocenters. The zero-order valence-electron chi connectivity index (χ0n) is 11.0. The molecule has 0 spiro atoms. The van der Waals surface area contributed by atoms with Gasteiger partial charge in [-0.05, 0) is 29.7 Å². The molecule has 1 aromatic heterocycles. The van der Waals surface area contributed by atoms with Gasteiger partial charge in [-0.15, -0.1) is 0 Å². The van der Waals surface area contributed by atoms with Crippen molar-refractivity contribution in [2.75, 3.05) is 11.5 Å². The second kappa shape index (κ2) is 10.4. The number of aromatic nitrogens is 1. The van der Waals surface area contributed by atoms with Gasteiger partial charge in [0, 0.05) is 34.7 Å². The first kappa shape index (κ1) is 19.6. The van der Waals surface area contributed by atoms with E-state index in [-0.39, 0.29) is 0 Å². The van der Waals surface area contributed by atoms with Crippen LogP contribution in [0.15, 0.2) is 42.7 Å². The molecule has 2 nitrogen and oxygen atoms in total. The van der Waals surface area contributed by atoms with Crippen LogP contribution in [0.1, 0.15) is 12.8 Å². The van der Waals surface area contributed by atoms with Crippen molar-refractivity contribution in [1.29, 1.82) is 0 Å². The Hall–Kier alpha value is 0.563. The summed E-state index contributed by atoms with van der Waals surface area (Å²) >= 11 is 0. The molecule has 21 heavy (non-hydrogen) atoms. The monoisotopic (exact) mass is 475 g/mol. The van der Waals surface area contributed by atoms with Gasteiger partial charge in [-0.2, -0.15) is 0 Å². The molecule has 3 rings (SSSR count). The van der Waals surface area contributed by atoms with Crippen LogP contribution < -0.4 is 0 Å². The summed E-state index contributed by atoms with van der Waals surface area (Å²) in [7, 11) is 16.6. The molecule has 0 radical (unpaired) electrons. The van der Waals surface area contributed by atoms with Gasteiger partial charge in [0.2, 0.25) is 0 Å². The molecule has 2 heterocycles. The zero-order chi connectivity index (χ0) is 15.7. The third-order valence-corrected chi connectivity index (χ3v) is 4.03. The third kappa shape index (κ3) is 10.8. The van der Waals surface area contributed by atoms with Gasteiger partial charge in [0.15, 0.2) is 0 Å². The van der Waals surface area contributed by atoms with Crippen LogP contribution in [-0.4, -0.2) is 20.7 Å². The Morgan fingerprint density at radius 2 is 1.48 bits per heavy atom. The predicted octanol–water partition coefficient (Wildman–Crippen LogP) is 5.52. The van der Waals surface area contributed by atoms with Crippen LogP contribution in [0.25, 0.3) is 10.8 Å². The molecule has 1 fully saturated rings. The van der Waals surface area contributed by atoms with E-state index >= 15 is 0 Å². The van der Waals surface area contributed by atoms with Gasteiger partial charge in [0.25, 0.3) is 0 Å². The van der Waals surface area contributed by atoms with Crippen molar-refractivity contribution in [2.24, 2.45) is 0 Å². The second-order valence-corrected chi connectivity index (χ2v) is 21.6. The number of fused-ring (bicyclic) bond motifs is 1. The molecule has 0 bridgehead atoms. The molecule has 0 N–H and O–H groups in total. The van der Waals surface area contributed by atoms with Crippen molar-refractivity contribution in [3.63, 3.8) is 0 Å². The molecule has 1 aromatic carbocycles. The maximum absolute atomic E-state index is 10.4. The van der Waals surface area contributed by atoms with E-state index in [0.717, 1.165) is 11.5 Å². The van der Waals surface area contributed by atoms with Crippen LogP contribution >= 0.6 is 38.8 Å². The van der Waals surface area contributed by atoms with E-state index in [2.05, 4.69) is 17.1 Å². The van der Waals surface area contributed by atoms with E-state index in [1.165, 1.54) is 23.6 Å². The Bertz CT molecular complexity index is 500. The van der Waals surface area contributed by atoms with Gasteiger partial charge in [0.05, 0.1) is 0 Å². The van der Waals surface area contributed by atoms with E-state index < -0.39 is 21.6 Å². The predicted molar refractivity (Wildman–Crippen MR) is 92.3 cm³/mol. The van der Waals surface area contributed by atoms with Gasteiger partial charge >= 0.3 is 49.6 Å². The largest absolute Gasteiger partial charge is 0.264 e. The van der Waals surface area contributed by atoms with Crippen LogP contribution in [0.5, 0.6) is 0 Å². The Morgan fingerprint density at radius 3 is 1.90 bits per heavy atom. The van der Waals surface area contributed by atoms with Gasteiger partial charge in [-0.25, -0.2) is 0 Å². The smallest absolute Gasteiger partial charge is 0.0346 e. The van der Waals surface area contributed by atoms with Gasteiger partial charge in [0.1, 0.15) is 0 Å². The number of nitrogens with zero attached hydrogens (tertiary/aromatic N) is 1. The fourth-order valence-electron chi connectivity index (χ4n) is 1.66. The first-order valence-electron chi connectivity index (χ1n) is 6.03. The number of pyridine rings is 1. The number of hydrogen-bond acceptors (Lipinski definition) is 2. The van der Waals surface area contributed by atoms with Crippen LogP contribution in [0.2, 0.25) is 0 Å². The first-order chi connectivity index (χ1) is 9.86. The molecular formula is C13H15Cl4NORuS-. The van der Waals surface area contributed by atoms with Crippen molar-refractivity contribution in [1.82, 2.24) is 4.98 Å². The molecule has 0 aliphatic carbocycles. The molecular weight excluding hydrogens is 461 g/mol. The van der Waals surface area contributed by atoms with Gasteiger partial charge in [-0.1, -0.05) is 24.3 Å². The van der Waals surface area contributed by atoms with E-state index in [9.17, 15) is 4.21 Å². The Morgan fingerprint density at radius 1 is 0.952 bits per heavy atom. The Kier molecular flexibility index (Phi) is 9.67. The van der Waals surface area contributed by atoms with Crippen molar-refractivity contribution in [2.45, 2.75) is 12.8 Å². The van der Waals surface area contributed by atoms with Gasteiger partial charge < -0.3 is 0 Å². The number of rotatable bonds is 0.